The number of hydrogen-bond acceptors (Lipinski definition) is 6. The Morgan fingerprint density at radius 2 is 1.86 bits per heavy atom. The average molecular weight is 378 g/mol. The van der Waals surface area contributed by atoms with Crippen molar-refractivity contribution in [3.05, 3.63) is 77.6 Å². The van der Waals surface area contributed by atoms with Crippen molar-refractivity contribution in [3.63, 3.8) is 0 Å². The highest BCUT2D eigenvalue weighted by molar-refractivity contribution is 5.26. The van der Waals surface area contributed by atoms with E-state index in [2.05, 4.69) is 62.6 Å². The molecule has 1 unspecified atom stereocenters. The summed E-state index contributed by atoms with van der Waals surface area (Å²) in [5.41, 5.74) is 1.73. The van der Waals surface area contributed by atoms with E-state index in [1.165, 1.54) is 5.56 Å². The highest BCUT2D eigenvalue weighted by Gasteiger charge is 2.46. The molecule has 3 aromatic rings. The molecule has 4 rings (SSSR count). The van der Waals surface area contributed by atoms with Crippen LogP contribution in [0.4, 0.5) is 0 Å². The van der Waals surface area contributed by atoms with Gasteiger partial charge in [0.2, 0.25) is 0 Å². The third-order valence-corrected chi connectivity index (χ3v) is 5.52. The summed E-state index contributed by atoms with van der Waals surface area (Å²) in [5, 5.41) is 19.4. The Balaban J connectivity index is 1.63. The van der Waals surface area contributed by atoms with Crippen molar-refractivity contribution >= 4 is 0 Å². The predicted octanol–water partition coefficient (Wildman–Crippen LogP) is 2.17. The molecule has 0 aliphatic carbocycles. The Morgan fingerprint density at radius 1 is 1.14 bits per heavy atom. The molecule has 1 aliphatic heterocycles. The van der Waals surface area contributed by atoms with Gasteiger partial charge in [-0.1, -0.05) is 60.7 Å². The molecule has 0 radical (unpaired) electrons. The van der Waals surface area contributed by atoms with Crippen molar-refractivity contribution in [1.29, 1.82) is 0 Å². The number of tetrazole rings is 1. The first-order chi connectivity index (χ1) is 13.7. The van der Waals surface area contributed by atoms with Crippen LogP contribution in [-0.4, -0.2) is 39.9 Å². The molecule has 146 valence electrons. The number of ether oxygens (including phenoxy) is 1. The van der Waals surface area contributed by atoms with E-state index in [1.54, 1.807) is 7.11 Å². The standard InChI is InChI=1S/C21H26N6O/c1-16-24-25-26-27(16)19-13-20(22-14-17-9-5-3-6-10-17)21(28-2,23-15-19)18-11-7-4-8-12-18/h3-12,19-20,22-23H,13-15H2,1-2H3/t19?,20-,21-/m0/s1. The third-order valence-electron chi connectivity index (χ3n) is 5.52. The Hall–Kier alpha value is -2.61. The number of nitrogens with zero attached hydrogens (tertiary/aromatic N) is 4. The average Bonchev–Trinajstić information content (AvgIpc) is 3.19. The number of piperidine rings is 1. The van der Waals surface area contributed by atoms with Gasteiger partial charge in [0, 0.05) is 25.8 Å². The van der Waals surface area contributed by atoms with Gasteiger partial charge < -0.3 is 10.1 Å². The summed E-state index contributed by atoms with van der Waals surface area (Å²) in [4.78, 5) is 0. The van der Waals surface area contributed by atoms with E-state index in [4.69, 9.17) is 4.74 Å². The number of hydrogen-bond donors (Lipinski definition) is 2. The number of rotatable bonds is 6. The SMILES string of the molecule is CO[C@]1(c2ccccc2)NCC(n2nnnc2C)C[C@@H]1NCc1ccccc1. The summed E-state index contributed by atoms with van der Waals surface area (Å²) in [6.07, 6.45) is 0.842. The molecule has 1 aliphatic rings. The zero-order chi connectivity index (χ0) is 19.4. The summed E-state index contributed by atoms with van der Waals surface area (Å²) >= 11 is 0. The van der Waals surface area contributed by atoms with Gasteiger partial charge in [-0.25, -0.2) is 4.68 Å². The number of nitrogens with one attached hydrogen (secondary N) is 2. The van der Waals surface area contributed by atoms with Crippen LogP contribution in [0.1, 0.15) is 29.4 Å². The summed E-state index contributed by atoms with van der Waals surface area (Å²) in [6.45, 7) is 3.41. The van der Waals surface area contributed by atoms with E-state index in [9.17, 15) is 0 Å². The minimum absolute atomic E-state index is 0.0301. The fraction of sp³-hybridized carbons (Fsp3) is 0.381. The lowest BCUT2D eigenvalue weighted by Gasteiger charge is -2.47. The summed E-state index contributed by atoms with van der Waals surface area (Å²) < 4.78 is 8.02. The lowest BCUT2D eigenvalue weighted by Crippen LogP contribution is -2.63. The topological polar surface area (TPSA) is 76.9 Å². The molecule has 0 amide bonds. The maximum absolute atomic E-state index is 6.13. The maximum Gasteiger partial charge on any atom is 0.160 e. The highest BCUT2D eigenvalue weighted by atomic mass is 16.5. The molecular weight excluding hydrogens is 352 g/mol. The number of aromatic nitrogens is 4. The predicted molar refractivity (Wildman–Crippen MR) is 106 cm³/mol. The van der Waals surface area contributed by atoms with Crippen LogP contribution in [0.25, 0.3) is 0 Å². The smallest absolute Gasteiger partial charge is 0.160 e. The molecule has 2 N–H and O–H groups in total. The lowest BCUT2D eigenvalue weighted by atomic mass is 9.85. The lowest BCUT2D eigenvalue weighted by molar-refractivity contribution is -0.0990. The van der Waals surface area contributed by atoms with Gasteiger partial charge in [-0.3, -0.25) is 5.32 Å². The Kier molecular flexibility index (Phi) is 5.47. The first kappa shape index (κ1) is 18.7. The van der Waals surface area contributed by atoms with E-state index in [-0.39, 0.29) is 12.1 Å². The van der Waals surface area contributed by atoms with Gasteiger partial charge in [-0.2, -0.15) is 0 Å². The van der Waals surface area contributed by atoms with Crippen LogP contribution in [0.3, 0.4) is 0 Å². The van der Waals surface area contributed by atoms with Crippen LogP contribution in [0.5, 0.6) is 0 Å². The van der Waals surface area contributed by atoms with Crippen molar-refractivity contribution in [1.82, 2.24) is 30.8 Å². The molecule has 1 aromatic heterocycles. The van der Waals surface area contributed by atoms with Crippen LogP contribution in [-0.2, 0) is 17.0 Å². The molecule has 0 bridgehead atoms. The van der Waals surface area contributed by atoms with Crippen LogP contribution < -0.4 is 10.6 Å². The van der Waals surface area contributed by atoms with E-state index in [0.717, 1.165) is 30.9 Å². The van der Waals surface area contributed by atoms with Gasteiger partial charge in [0.1, 0.15) is 5.82 Å². The number of methoxy groups -OCH3 is 1. The van der Waals surface area contributed by atoms with E-state index in [0.29, 0.717) is 0 Å². The second kappa shape index (κ2) is 8.18. The number of aryl methyl sites for hydroxylation is 1. The maximum atomic E-state index is 6.13. The van der Waals surface area contributed by atoms with Crippen LogP contribution in [0.15, 0.2) is 60.7 Å². The van der Waals surface area contributed by atoms with Gasteiger partial charge in [0.05, 0.1) is 12.1 Å². The molecule has 7 nitrogen and oxygen atoms in total. The Labute approximate surface area is 165 Å². The van der Waals surface area contributed by atoms with Crippen molar-refractivity contribution in [2.75, 3.05) is 13.7 Å². The minimum atomic E-state index is -0.617. The van der Waals surface area contributed by atoms with E-state index in [1.807, 2.05) is 35.9 Å². The van der Waals surface area contributed by atoms with Gasteiger partial charge in [0.15, 0.2) is 5.72 Å². The zero-order valence-corrected chi connectivity index (χ0v) is 16.2. The summed E-state index contributed by atoms with van der Waals surface area (Å²) in [5.74, 6) is 0.818. The van der Waals surface area contributed by atoms with Crippen LogP contribution in [0.2, 0.25) is 0 Å². The summed E-state index contributed by atoms with van der Waals surface area (Å²) in [6, 6.07) is 20.9. The van der Waals surface area contributed by atoms with Gasteiger partial charge in [0.25, 0.3) is 0 Å². The third kappa shape index (κ3) is 3.56. The van der Waals surface area contributed by atoms with Crippen molar-refractivity contribution in [3.8, 4) is 0 Å². The first-order valence-electron chi connectivity index (χ1n) is 9.60. The second-order valence-electron chi connectivity index (χ2n) is 7.17. The molecule has 2 heterocycles. The molecule has 1 fully saturated rings. The van der Waals surface area contributed by atoms with Gasteiger partial charge >= 0.3 is 0 Å². The van der Waals surface area contributed by atoms with Crippen molar-refractivity contribution in [2.24, 2.45) is 0 Å². The van der Waals surface area contributed by atoms with Crippen molar-refractivity contribution < 1.29 is 4.74 Å². The zero-order valence-electron chi connectivity index (χ0n) is 16.2. The molecule has 0 spiro atoms. The van der Waals surface area contributed by atoms with E-state index >= 15 is 0 Å². The second-order valence-corrected chi connectivity index (χ2v) is 7.17. The summed E-state index contributed by atoms with van der Waals surface area (Å²) in [7, 11) is 1.76. The highest BCUT2D eigenvalue weighted by Crippen LogP contribution is 2.35. The van der Waals surface area contributed by atoms with Gasteiger partial charge in [-0.05, 0) is 29.3 Å². The first-order valence-corrected chi connectivity index (χ1v) is 9.60. The fourth-order valence-electron chi connectivity index (χ4n) is 4.06. The van der Waals surface area contributed by atoms with Crippen LogP contribution in [0, 0.1) is 6.92 Å². The fourth-order valence-corrected chi connectivity index (χ4v) is 4.06. The Bertz CT molecular complexity index is 884. The molecule has 1 saturated heterocycles. The molecule has 7 heteroatoms. The molecule has 3 atom stereocenters. The quantitative estimate of drug-likeness (QED) is 0.685. The monoisotopic (exact) mass is 378 g/mol. The molecule has 0 saturated carbocycles. The van der Waals surface area contributed by atoms with Crippen molar-refractivity contribution in [2.45, 2.75) is 37.7 Å². The normalized spacial score (nSPS) is 24.9. The van der Waals surface area contributed by atoms with E-state index < -0.39 is 5.72 Å². The molecule has 2 aromatic carbocycles. The Morgan fingerprint density at radius 3 is 2.50 bits per heavy atom. The molecular formula is C21H26N6O. The van der Waals surface area contributed by atoms with Gasteiger partial charge in [-0.15, -0.1) is 5.10 Å². The minimum Gasteiger partial charge on any atom is -0.358 e. The number of benzene rings is 2. The van der Waals surface area contributed by atoms with Crippen LogP contribution >= 0.6 is 0 Å². The molecule has 28 heavy (non-hydrogen) atoms. The largest absolute Gasteiger partial charge is 0.358 e.